The van der Waals surface area contributed by atoms with Gasteiger partial charge in [-0.25, -0.2) is 4.79 Å². The van der Waals surface area contributed by atoms with Gasteiger partial charge in [0.05, 0.1) is 5.57 Å². The molecule has 0 spiro atoms. The van der Waals surface area contributed by atoms with E-state index >= 15 is 0 Å². The smallest absolute Gasteiger partial charge is 0.343 e. The number of hydrogen-bond donors (Lipinski definition) is 0. The van der Waals surface area contributed by atoms with Crippen molar-refractivity contribution >= 4 is 28.6 Å². The molecule has 3 aromatic rings. The third kappa shape index (κ3) is 2.87. The summed E-state index contributed by atoms with van der Waals surface area (Å²) >= 11 is 0. The van der Waals surface area contributed by atoms with E-state index in [-0.39, 0.29) is 5.97 Å². The van der Waals surface area contributed by atoms with Crippen LogP contribution in [0.4, 0.5) is 0 Å². The molecule has 4 rings (SSSR count). The molecule has 1 aliphatic rings. The molecule has 0 fully saturated rings. The van der Waals surface area contributed by atoms with Crippen LogP contribution >= 0.6 is 0 Å². The Balaban J connectivity index is 1.77. The van der Waals surface area contributed by atoms with Crippen LogP contribution in [0.5, 0.6) is 0 Å². The van der Waals surface area contributed by atoms with E-state index in [2.05, 4.69) is 38.1 Å². The first-order chi connectivity index (χ1) is 12.1. The fourth-order valence-electron chi connectivity index (χ4n) is 3.07. The van der Waals surface area contributed by atoms with Gasteiger partial charge >= 0.3 is 5.97 Å². The summed E-state index contributed by atoms with van der Waals surface area (Å²) in [5.74, 6) is 0.306. The molecule has 0 bridgehead atoms. The molecule has 1 heterocycles. The predicted octanol–water partition coefficient (Wildman–Crippen LogP) is 5.44. The standard InChI is InChI=1S/C23H18O2/c1-15-10-11-19(12-16(15)2)22-14-20(23(24)25-22)13-18-8-5-7-17-6-3-4-9-21(17)18/h3-14H,1-2H3/b20-13+. The Bertz CT molecular complexity index is 1050. The van der Waals surface area contributed by atoms with Gasteiger partial charge < -0.3 is 4.74 Å². The normalized spacial score (nSPS) is 15.5. The summed E-state index contributed by atoms with van der Waals surface area (Å²) in [6, 6.07) is 20.3. The zero-order valence-corrected chi connectivity index (χ0v) is 14.2. The molecule has 0 saturated carbocycles. The van der Waals surface area contributed by atoms with Gasteiger partial charge in [-0.05, 0) is 59.5 Å². The second kappa shape index (κ2) is 6.06. The van der Waals surface area contributed by atoms with E-state index in [1.807, 2.05) is 48.6 Å². The first-order valence-corrected chi connectivity index (χ1v) is 8.33. The molecule has 0 amide bonds. The van der Waals surface area contributed by atoms with Crippen LogP contribution in [-0.4, -0.2) is 5.97 Å². The summed E-state index contributed by atoms with van der Waals surface area (Å²) in [6.45, 7) is 4.13. The summed E-state index contributed by atoms with van der Waals surface area (Å²) in [5.41, 5.74) is 4.92. The van der Waals surface area contributed by atoms with Gasteiger partial charge in [-0.3, -0.25) is 0 Å². The molecule has 0 aliphatic carbocycles. The molecule has 0 radical (unpaired) electrons. The first-order valence-electron chi connectivity index (χ1n) is 8.33. The van der Waals surface area contributed by atoms with Crippen LogP contribution in [0.25, 0.3) is 22.6 Å². The summed E-state index contributed by atoms with van der Waals surface area (Å²) in [5, 5.41) is 2.28. The summed E-state index contributed by atoms with van der Waals surface area (Å²) < 4.78 is 5.49. The average molecular weight is 326 g/mol. The van der Waals surface area contributed by atoms with Crippen LogP contribution in [0, 0.1) is 13.8 Å². The zero-order valence-electron chi connectivity index (χ0n) is 14.2. The van der Waals surface area contributed by atoms with E-state index in [9.17, 15) is 4.79 Å². The maximum absolute atomic E-state index is 12.3. The Morgan fingerprint density at radius 1 is 0.880 bits per heavy atom. The maximum Gasteiger partial charge on any atom is 0.343 e. The van der Waals surface area contributed by atoms with Crippen molar-refractivity contribution in [1.29, 1.82) is 0 Å². The van der Waals surface area contributed by atoms with E-state index < -0.39 is 0 Å². The molecular formula is C23H18O2. The highest BCUT2D eigenvalue weighted by Gasteiger charge is 2.22. The topological polar surface area (TPSA) is 26.3 Å². The number of esters is 1. The molecule has 0 atom stereocenters. The van der Waals surface area contributed by atoms with Crippen molar-refractivity contribution in [1.82, 2.24) is 0 Å². The summed E-state index contributed by atoms with van der Waals surface area (Å²) in [6.07, 6.45) is 3.73. The van der Waals surface area contributed by atoms with Crippen molar-refractivity contribution in [3.8, 4) is 0 Å². The molecule has 1 aliphatic heterocycles. The fourth-order valence-corrected chi connectivity index (χ4v) is 3.07. The van der Waals surface area contributed by atoms with Gasteiger partial charge in [-0.2, -0.15) is 0 Å². The largest absolute Gasteiger partial charge is 0.422 e. The monoisotopic (exact) mass is 326 g/mol. The number of ether oxygens (including phenoxy) is 1. The van der Waals surface area contributed by atoms with Gasteiger partial charge in [0.2, 0.25) is 0 Å². The van der Waals surface area contributed by atoms with Crippen molar-refractivity contribution in [2.75, 3.05) is 0 Å². The maximum atomic E-state index is 12.3. The molecule has 122 valence electrons. The van der Waals surface area contributed by atoms with Gasteiger partial charge in [0.25, 0.3) is 0 Å². The predicted molar refractivity (Wildman–Crippen MR) is 102 cm³/mol. The van der Waals surface area contributed by atoms with Crippen LogP contribution in [0.2, 0.25) is 0 Å². The zero-order chi connectivity index (χ0) is 17.4. The molecule has 0 unspecified atom stereocenters. The number of cyclic esters (lactones) is 1. The van der Waals surface area contributed by atoms with Gasteiger partial charge in [-0.1, -0.05) is 54.6 Å². The molecule has 0 N–H and O–H groups in total. The quantitative estimate of drug-likeness (QED) is 0.463. The van der Waals surface area contributed by atoms with E-state index in [1.165, 1.54) is 11.1 Å². The number of carbonyl (C=O) groups excluding carboxylic acids is 1. The van der Waals surface area contributed by atoms with Crippen LogP contribution in [0.3, 0.4) is 0 Å². The van der Waals surface area contributed by atoms with Crippen LogP contribution in [0.1, 0.15) is 22.3 Å². The molecule has 0 aromatic heterocycles. The van der Waals surface area contributed by atoms with Crippen molar-refractivity contribution in [2.24, 2.45) is 0 Å². The lowest BCUT2D eigenvalue weighted by atomic mass is 10.0. The highest BCUT2D eigenvalue weighted by atomic mass is 16.5. The lowest BCUT2D eigenvalue weighted by Crippen LogP contribution is -1.97. The molecule has 3 aromatic carbocycles. The number of benzene rings is 3. The molecule has 25 heavy (non-hydrogen) atoms. The second-order valence-electron chi connectivity index (χ2n) is 6.37. The minimum absolute atomic E-state index is 0.304. The molecule has 2 nitrogen and oxygen atoms in total. The van der Waals surface area contributed by atoms with Crippen LogP contribution in [-0.2, 0) is 9.53 Å². The van der Waals surface area contributed by atoms with Gasteiger partial charge in [0.15, 0.2) is 0 Å². The Kier molecular flexibility index (Phi) is 3.73. The summed E-state index contributed by atoms with van der Waals surface area (Å²) in [4.78, 5) is 12.3. The van der Waals surface area contributed by atoms with Crippen LogP contribution < -0.4 is 0 Å². The molecule has 0 saturated heterocycles. The van der Waals surface area contributed by atoms with Crippen molar-refractivity contribution < 1.29 is 9.53 Å². The van der Waals surface area contributed by atoms with E-state index in [0.717, 1.165) is 21.9 Å². The first kappa shape index (κ1) is 15.4. The van der Waals surface area contributed by atoms with Crippen LogP contribution in [0.15, 0.2) is 72.3 Å². The lowest BCUT2D eigenvalue weighted by Gasteiger charge is -2.05. The number of fused-ring (bicyclic) bond motifs is 1. The third-order valence-corrected chi connectivity index (χ3v) is 4.65. The number of rotatable bonds is 2. The Labute approximate surface area is 147 Å². The number of hydrogen-bond acceptors (Lipinski definition) is 2. The molecular weight excluding hydrogens is 308 g/mol. The lowest BCUT2D eigenvalue weighted by molar-refractivity contribution is -0.130. The SMILES string of the molecule is Cc1ccc(C2=C/C(=C\c3cccc4ccccc34)C(=O)O2)cc1C. The Morgan fingerprint density at radius 3 is 2.52 bits per heavy atom. The summed E-state index contributed by atoms with van der Waals surface area (Å²) in [7, 11) is 0. The van der Waals surface area contributed by atoms with E-state index in [4.69, 9.17) is 4.74 Å². The van der Waals surface area contributed by atoms with Gasteiger partial charge in [-0.15, -0.1) is 0 Å². The molecule has 2 heteroatoms. The highest BCUT2D eigenvalue weighted by molar-refractivity contribution is 6.06. The average Bonchev–Trinajstić information content (AvgIpc) is 2.98. The van der Waals surface area contributed by atoms with Gasteiger partial charge in [0, 0.05) is 5.56 Å². The third-order valence-electron chi connectivity index (χ3n) is 4.65. The van der Waals surface area contributed by atoms with Crippen molar-refractivity contribution in [3.63, 3.8) is 0 Å². The second-order valence-corrected chi connectivity index (χ2v) is 6.37. The Hall–Kier alpha value is -3.13. The van der Waals surface area contributed by atoms with Crippen molar-refractivity contribution in [2.45, 2.75) is 13.8 Å². The van der Waals surface area contributed by atoms with Gasteiger partial charge in [0.1, 0.15) is 5.76 Å². The Morgan fingerprint density at radius 2 is 1.68 bits per heavy atom. The van der Waals surface area contributed by atoms with E-state index in [0.29, 0.717) is 11.3 Å². The minimum Gasteiger partial charge on any atom is -0.422 e. The number of aryl methyl sites for hydroxylation is 2. The fraction of sp³-hybridized carbons (Fsp3) is 0.0870. The number of carbonyl (C=O) groups is 1. The minimum atomic E-state index is -0.304. The van der Waals surface area contributed by atoms with E-state index in [1.54, 1.807) is 0 Å². The van der Waals surface area contributed by atoms with Crippen molar-refractivity contribution in [3.05, 3.63) is 94.6 Å². The highest BCUT2D eigenvalue weighted by Crippen LogP contribution is 2.30.